The third-order valence-corrected chi connectivity index (χ3v) is 3.21. The Hall–Kier alpha value is -0.900. The predicted octanol–water partition coefficient (Wildman–Crippen LogP) is 1.94. The fourth-order valence-corrected chi connectivity index (χ4v) is 1.95. The number of nitrogens with one attached hydrogen (secondary N) is 1. The molecule has 1 amide bonds. The molecule has 1 aromatic heterocycles. The van der Waals surface area contributed by atoms with Gasteiger partial charge in [-0.3, -0.25) is 9.78 Å². The number of carbonyl (C=O) groups is 1. The molecule has 4 heteroatoms. The van der Waals surface area contributed by atoms with Crippen molar-refractivity contribution < 1.29 is 4.79 Å². The zero-order valence-corrected chi connectivity index (χ0v) is 9.20. The van der Waals surface area contributed by atoms with Gasteiger partial charge >= 0.3 is 0 Å². The Morgan fingerprint density at radius 1 is 1.64 bits per heavy atom. The molecule has 1 fully saturated rings. The monoisotopic (exact) mass is 254 g/mol. The van der Waals surface area contributed by atoms with Gasteiger partial charge in [-0.2, -0.15) is 0 Å². The van der Waals surface area contributed by atoms with Crippen LogP contribution in [0.25, 0.3) is 0 Å². The second kappa shape index (κ2) is 4.09. The normalized spacial score (nSPS) is 17.5. The first-order valence-corrected chi connectivity index (χ1v) is 5.54. The maximum absolute atomic E-state index is 11.6. The molecule has 74 valence electrons. The molecule has 1 N–H and O–H groups in total. The molecule has 0 aromatic carbocycles. The molecule has 3 nitrogen and oxygen atoms in total. The van der Waals surface area contributed by atoms with Crippen LogP contribution in [0.2, 0.25) is 0 Å². The van der Waals surface area contributed by atoms with E-state index in [1.807, 2.05) is 0 Å². The molecule has 0 bridgehead atoms. The summed E-state index contributed by atoms with van der Waals surface area (Å²) in [5.74, 6) is 0.544. The van der Waals surface area contributed by atoms with Gasteiger partial charge in [0.1, 0.15) is 0 Å². The van der Waals surface area contributed by atoms with Crippen molar-refractivity contribution >= 4 is 21.8 Å². The summed E-state index contributed by atoms with van der Waals surface area (Å²) in [6, 6.07) is 3.52. The Balaban J connectivity index is 1.95. The van der Waals surface area contributed by atoms with E-state index in [4.69, 9.17) is 0 Å². The van der Waals surface area contributed by atoms with Gasteiger partial charge in [0.15, 0.2) is 0 Å². The Kier molecular flexibility index (Phi) is 2.82. The fourth-order valence-electron chi connectivity index (χ4n) is 1.21. The third-order valence-electron chi connectivity index (χ3n) is 2.23. The molecule has 0 spiro atoms. The minimum absolute atomic E-state index is 0.0631. The smallest absolute Gasteiger partial charge is 0.253 e. The zero-order chi connectivity index (χ0) is 9.97. The van der Waals surface area contributed by atoms with Crippen molar-refractivity contribution in [2.24, 2.45) is 5.92 Å². The van der Waals surface area contributed by atoms with Crippen molar-refractivity contribution in [3.8, 4) is 0 Å². The summed E-state index contributed by atoms with van der Waals surface area (Å²) < 4.78 is 0. The Bertz CT molecular complexity index is 324. The van der Waals surface area contributed by atoms with Crippen molar-refractivity contribution in [1.29, 1.82) is 0 Å². The number of carbonyl (C=O) groups excluding carboxylic acids is 1. The lowest BCUT2D eigenvalue weighted by Gasteiger charge is -2.10. The number of amides is 1. The Morgan fingerprint density at radius 2 is 2.43 bits per heavy atom. The lowest BCUT2D eigenvalue weighted by molar-refractivity contribution is 0.0947. The van der Waals surface area contributed by atoms with Crippen LogP contribution in [0.3, 0.4) is 0 Å². The van der Waals surface area contributed by atoms with E-state index in [0.29, 0.717) is 11.5 Å². The first-order chi connectivity index (χ1) is 6.77. The quantitative estimate of drug-likeness (QED) is 0.662. The number of hydrogen-bond acceptors (Lipinski definition) is 2. The van der Waals surface area contributed by atoms with Crippen LogP contribution < -0.4 is 5.32 Å². The first-order valence-electron chi connectivity index (χ1n) is 4.62. The number of pyridine rings is 1. The Labute approximate surface area is 91.0 Å². The number of aromatic nitrogens is 1. The highest BCUT2D eigenvalue weighted by molar-refractivity contribution is 9.09. The summed E-state index contributed by atoms with van der Waals surface area (Å²) in [6.45, 7) is 0. The predicted molar refractivity (Wildman–Crippen MR) is 57.1 cm³/mol. The van der Waals surface area contributed by atoms with Gasteiger partial charge in [-0.15, -0.1) is 0 Å². The standard InChI is InChI=1S/C10H11BrN2O/c11-9(7-3-4-7)13-10(14)8-2-1-5-12-6-8/h1-2,5-7,9H,3-4H2,(H,13,14). The van der Waals surface area contributed by atoms with E-state index in [-0.39, 0.29) is 10.9 Å². The van der Waals surface area contributed by atoms with Gasteiger partial charge in [0.25, 0.3) is 5.91 Å². The van der Waals surface area contributed by atoms with Crippen molar-refractivity contribution in [3.05, 3.63) is 30.1 Å². The molecular weight excluding hydrogens is 244 g/mol. The summed E-state index contributed by atoms with van der Waals surface area (Å²) in [5.41, 5.74) is 0.609. The van der Waals surface area contributed by atoms with Crippen LogP contribution in [0.4, 0.5) is 0 Å². The van der Waals surface area contributed by atoms with E-state index in [9.17, 15) is 4.79 Å². The van der Waals surface area contributed by atoms with Crippen molar-refractivity contribution in [3.63, 3.8) is 0 Å². The molecule has 1 unspecified atom stereocenters. The van der Waals surface area contributed by atoms with Gasteiger partial charge < -0.3 is 5.32 Å². The maximum Gasteiger partial charge on any atom is 0.253 e. The average Bonchev–Trinajstić information content (AvgIpc) is 3.02. The van der Waals surface area contributed by atoms with Crippen LogP contribution in [-0.4, -0.2) is 15.8 Å². The molecule has 1 aromatic rings. The molecular formula is C10H11BrN2O. The minimum Gasteiger partial charge on any atom is -0.339 e. The second-order valence-corrected chi connectivity index (χ2v) is 4.44. The number of alkyl halides is 1. The number of halogens is 1. The van der Waals surface area contributed by atoms with Crippen LogP contribution in [-0.2, 0) is 0 Å². The molecule has 14 heavy (non-hydrogen) atoms. The molecule has 0 radical (unpaired) electrons. The van der Waals surface area contributed by atoms with E-state index in [2.05, 4.69) is 26.2 Å². The van der Waals surface area contributed by atoms with Gasteiger partial charge in [-0.1, -0.05) is 15.9 Å². The fraction of sp³-hybridized carbons (Fsp3) is 0.400. The maximum atomic E-state index is 11.6. The largest absolute Gasteiger partial charge is 0.339 e. The first kappa shape index (κ1) is 9.65. The van der Waals surface area contributed by atoms with Crippen LogP contribution >= 0.6 is 15.9 Å². The lowest BCUT2D eigenvalue weighted by Crippen LogP contribution is -2.31. The van der Waals surface area contributed by atoms with E-state index < -0.39 is 0 Å². The molecule has 1 aliphatic rings. The van der Waals surface area contributed by atoms with Crippen molar-refractivity contribution in [1.82, 2.24) is 10.3 Å². The zero-order valence-electron chi connectivity index (χ0n) is 7.61. The van der Waals surface area contributed by atoms with Crippen molar-refractivity contribution in [2.75, 3.05) is 0 Å². The molecule has 1 saturated carbocycles. The highest BCUT2D eigenvalue weighted by Gasteiger charge is 2.30. The van der Waals surface area contributed by atoms with E-state index in [1.165, 1.54) is 12.8 Å². The van der Waals surface area contributed by atoms with Crippen LogP contribution in [0.1, 0.15) is 23.2 Å². The van der Waals surface area contributed by atoms with Gasteiger partial charge in [0.05, 0.1) is 10.5 Å². The second-order valence-electron chi connectivity index (χ2n) is 3.45. The third kappa shape index (κ3) is 2.32. The summed E-state index contributed by atoms with van der Waals surface area (Å²) in [4.78, 5) is 15.6. The SMILES string of the molecule is O=C(NC(Br)C1CC1)c1cccnc1. The van der Waals surface area contributed by atoms with Crippen LogP contribution in [0.5, 0.6) is 0 Å². The Morgan fingerprint density at radius 3 is 3.00 bits per heavy atom. The number of rotatable bonds is 3. The average molecular weight is 255 g/mol. The van der Waals surface area contributed by atoms with E-state index in [0.717, 1.165) is 0 Å². The van der Waals surface area contributed by atoms with Gasteiger partial charge in [0.2, 0.25) is 0 Å². The van der Waals surface area contributed by atoms with Gasteiger partial charge in [-0.25, -0.2) is 0 Å². The molecule has 0 aliphatic heterocycles. The molecule has 0 saturated heterocycles. The van der Waals surface area contributed by atoms with E-state index >= 15 is 0 Å². The summed E-state index contributed by atoms with van der Waals surface area (Å²) in [5, 5.41) is 2.90. The molecule has 1 aliphatic carbocycles. The van der Waals surface area contributed by atoms with Crippen LogP contribution in [0, 0.1) is 5.92 Å². The molecule has 1 atom stereocenters. The molecule has 2 rings (SSSR count). The molecule has 1 heterocycles. The summed E-state index contributed by atoms with van der Waals surface area (Å²) in [6.07, 6.45) is 5.62. The summed E-state index contributed by atoms with van der Waals surface area (Å²) in [7, 11) is 0. The van der Waals surface area contributed by atoms with Gasteiger partial charge in [0, 0.05) is 12.4 Å². The van der Waals surface area contributed by atoms with E-state index in [1.54, 1.807) is 24.5 Å². The number of nitrogens with zero attached hydrogens (tertiary/aromatic N) is 1. The highest BCUT2D eigenvalue weighted by Crippen LogP contribution is 2.35. The number of hydrogen-bond donors (Lipinski definition) is 1. The topological polar surface area (TPSA) is 42.0 Å². The lowest BCUT2D eigenvalue weighted by atomic mass is 10.2. The van der Waals surface area contributed by atoms with Gasteiger partial charge in [-0.05, 0) is 30.9 Å². The highest BCUT2D eigenvalue weighted by atomic mass is 79.9. The summed E-state index contributed by atoms with van der Waals surface area (Å²) >= 11 is 3.45. The minimum atomic E-state index is -0.0631. The van der Waals surface area contributed by atoms with Crippen LogP contribution in [0.15, 0.2) is 24.5 Å². The van der Waals surface area contributed by atoms with Crippen molar-refractivity contribution in [2.45, 2.75) is 17.8 Å².